The van der Waals surface area contributed by atoms with Crippen LogP contribution in [-0.2, 0) is 6.42 Å². The highest BCUT2D eigenvalue weighted by molar-refractivity contribution is 5.47. The third kappa shape index (κ3) is 1.99. The van der Waals surface area contributed by atoms with Crippen LogP contribution in [0.4, 0.5) is 0 Å². The van der Waals surface area contributed by atoms with E-state index in [1.807, 2.05) is 36.5 Å². The summed E-state index contributed by atoms with van der Waals surface area (Å²) in [5.41, 5.74) is 4.61. The lowest BCUT2D eigenvalue weighted by Crippen LogP contribution is -2.13. The average molecular weight is 275 g/mol. The number of benzene rings is 2. The van der Waals surface area contributed by atoms with Gasteiger partial charge in [0.2, 0.25) is 0 Å². The zero-order valence-corrected chi connectivity index (χ0v) is 11.7. The Morgan fingerprint density at radius 2 is 1.62 bits per heavy atom. The summed E-state index contributed by atoms with van der Waals surface area (Å²) in [6.45, 7) is 0. The molecule has 1 N–H and O–H groups in total. The van der Waals surface area contributed by atoms with Crippen molar-refractivity contribution in [2.24, 2.45) is 0 Å². The van der Waals surface area contributed by atoms with Crippen LogP contribution in [-0.4, -0.2) is 9.67 Å². The van der Waals surface area contributed by atoms with E-state index in [4.69, 9.17) is 0 Å². The molecule has 2 heterocycles. The lowest BCUT2D eigenvalue weighted by atomic mass is 9.87. The van der Waals surface area contributed by atoms with Crippen LogP contribution in [0.5, 0.6) is 0 Å². The number of nitrogens with zero attached hydrogens (tertiary/aromatic N) is 1. The van der Waals surface area contributed by atoms with Crippen molar-refractivity contribution >= 4 is 0 Å². The molecule has 0 radical (unpaired) electrons. The molecule has 0 aliphatic carbocycles. The smallest absolute Gasteiger partial charge is 0.101 e. The maximum Gasteiger partial charge on any atom is 0.101 e. The normalized spacial score (nSPS) is 20.4. The highest BCUT2D eigenvalue weighted by Crippen LogP contribution is 2.39. The lowest BCUT2D eigenvalue weighted by Gasteiger charge is -2.21. The molecule has 3 aromatic rings. The van der Waals surface area contributed by atoms with Gasteiger partial charge in [-0.05, 0) is 35.7 Å². The van der Waals surface area contributed by atoms with Crippen LogP contribution in [0.15, 0.2) is 72.9 Å². The first-order valence-electron chi connectivity index (χ1n) is 7.33. The van der Waals surface area contributed by atoms with Gasteiger partial charge in [-0.15, -0.1) is 0 Å². The van der Waals surface area contributed by atoms with Crippen molar-refractivity contribution < 1.29 is 5.11 Å². The van der Waals surface area contributed by atoms with Crippen LogP contribution in [0.2, 0.25) is 0 Å². The van der Waals surface area contributed by atoms with Crippen molar-refractivity contribution in [3.05, 3.63) is 89.7 Å². The molecule has 21 heavy (non-hydrogen) atoms. The molecule has 0 fully saturated rings. The predicted molar refractivity (Wildman–Crippen MR) is 83.6 cm³/mol. The van der Waals surface area contributed by atoms with Gasteiger partial charge in [0.15, 0.2) is 0 Å². The molecule has 4 rings (SSSR count). The maximum atomic E-state index is 10.9. The molecule has 1 aliphatic rings. The van der Waals surface area contributed by atoms with Gasteiger partial charge in [0.05, 0.1) is 5.69 Å². The monoisotopic (exact) mass is 275 g/mol. The molecule has 1 aromatic heterocycles. The van der Waals surface area contributed by atoms with E-state index in [0.29, 0.717) is 0 Å². The summed E-state index contributed by atoms with van der Waals surface area (Å²) in [5, 5.41) is 10.9. The Hall–Kier alpha value is -2.32. The van der Waals surface area contributed by atoms with Crippen LogP contribution in [0.25, 0.3) is 5.69 Å². The van der Waals surface area contributed by atoms with Gasteiger partial charge < -0.3 is 9.67 Å². The third-order valence-corrected chi connectivity index (χ3v) is 4.38. The molecule has 1 aliphatic heterocycles. The highest BCUT2D eigenvalue weighted by atomic mass is 16.3. The first-order chi connectivity index (χ1) is 10.3. The lowest BCUT2D eigenvalue weighted by molar-refractivity contribution is 0.140. The molecular formula is C19H17NO. The standard InChI is InChI=1S/C19H17NO/c21-19-16(14-7-2-1-3-8-14)13-15-9-4-5-10-17(15)20-12-6-11-18(19)20/h1-12,16,19,21H,13H2/t16-,19+/m0/s1. The molecule has 0 saturated heterocycles. The van der Waals surface area contributed by atoms with Crippen molar-refractivity contribution in [2.75, 3.05) is 0 Å². The van der Waals surface area contributed by atoms with Crippen molar-refractivity contribution in [3.63, 3.8) is 0 Å². The zero-order chi connectivity index (χ0) is 14.2. The Bertz CT molecular complexity index is 760. The van der Waals surface area contributed by atoms with Crippen LogP contribution in [0.1, 0.15) is 28.8 Å². The van der Waals surface area contributed by atoms with E-state index in [9.17, 15) is 5.11 Å². The number of aliphatic hydroxyl groups excluding tert-OH is 1. The predicted octanol–water partition coefficient (Wildman–Crippen LogP) is 3.85. The largest absolute Gasteiger partial charge is 0.386 e. The Balaban J connectivity index is 1.91. The van der Waals surface area contributed by atoms with Crippen molar-refractivity contribution in [2.45, 2.75) is 18.4 Å². The van der Waals surface area contributed by atoms with E-state index in [0.717, 1.165) is 12.1 Å². The second-order valence-electron chi connectivity index (χ2n) is 5.60. The SMILES string of the molecule is O[C@H]1c2cccn2-c2ccccc2C[C@H]1c1ccccc1. The van der Waals surface area contributed by atoms with Crippen LogP contribution in [0.3, 0.4) is 0 Å². The van der Waals surface area contributed by atoms with Crippen LogP contribution in [0, 0.1) is 0 Å². The van der Waals surface area contributed by atoms with Crippen molar-refractivity contribution in [1.82, 2.24) is 4.57 Å². The fourth-order valence-corrected chi connectivity index (χ4v) is 3.33. The molecule has 2 nitrogen and oxygen atoms in total. The summed E-state index contributed by atoms with van der Waals surface area (Å²) < 4.78 is 2.11. The Kier molecular flexibility index (Phi) is 2.90. The van der Waals surface area contributed by atoms with Crippen LogP contribution < -0.4 is 0 Å². The molecule has 0 amide bonds. The van der Waals surface area contributed by atoms with Crippen LogP contribution >= 0.6 is 0 Å². The number of fused-ring (bicyclic) bond motifs is 3. The van der Waals surface area contributed by atoms with E-state index < -0.39 is 6.10 Å². The Morgan fingerprint density at radius 3 is 2.48 bits per heavy atom. The minimum Gasteiger partial charge on any atom is -0.386 e. The van der Waals surface area contributed by atoms with Gasteiger partial charge in [-0.25, -0.2) is 0 Å². The molecule has 0 spiro atoms. The summed E-state index contributed by atoms with van der Waals surface area (Å²) in [6, 6.07) is 22.7. The fraction of sp³-hybridized carbons (Fsp3) is 0.158. The number of aliphatic hydroxyl groups is 1. The molecule has 2 heteroatoms. The first kappa shape index (κ1) is 12.4. The topological polar surface area (TPSA) is 25.2 Å². The van der Waals surface area contributed by atoms with E-state index in [1.54, 1.807) is 0 Å². The van der Waals surface area contributed by atoms with Gasteiger partial charge in [0.25, 0.3) is 0 Å². The van der Waals surface area contributed by atoms with Gasteiger partial charge in [-0.3, -0.25) is 0 Å². The van der Waals surface area contributed by atoms with Gasteiger partial charge in [-0.1, -0.05) is 48.5 Å². The quantitative estimate of drug-likeness (QED) is 0.717. The average Bonchev–Trinajstić information content (AvgIpc) is 2.98. The molecule has 0 bridgehead atoms. The van der Waals surface area contributed by atoms with Gasteiger partial charge in [0.1, 0.15) is 6.10 Å². The second kappa shape index (κ2) is 4.90. The fourth-order valence-electron chi connectivity index (χ4n) is 3.33. The second-order valence-corrected chi connectivity index (χ2v) is 5.60. The molecule has 2 aromatic carbocycles. The minimum atomic E-state index is -0.491. The van der Waals surface area contributed by atoms with Crippen molar-refractivity contribution in [3.8, 4) is 5.69 Å². The number of para-hydroxylation sites is 1. The van der Waals surface area contributed by atoms with Gasteiger partial charge >= 0.3 is 0 Å². The summed E-state index contributed by atoms with van der Waals surface area (Å²) in [5.74, 6) is 0.0866. The number of rotatable bonds is 1. The Labute approximate surface area is 124 Å². The number of aromatic nitrogens is 1. The summed E-state index contributed by atoms with van der Waals surface area (Å²) >= 11 is 0. The van der Waals surface area contributed by atoms with E-state index in [-0.39, 0.29) is 5.92 Å². The van der Waals surface area contributed by atoms with Gasteiger partial charge in [0, 0.05) is 17.8 Å². The third-order valence-electron chi connectivity index (χ3n) is 4.38. The summed E-state index contributed by atoms with van der Waals surface area (Å²) in [4.78, 5) is 0. The van der Waals surface area contributed by atoms with E-state index in [1.165, 1.54) is 16.8 Å². The molecule has 104 valence electrons. The zero-order valence-electron chi connectivity index (χ0n) is 11.7. The summed E-state index contributed by atoms with van der Waals surface area (Å²) in [7, 11) is 0. The summed E-state index contributed by atoms with van der Waals surface area (Å²) in [6.07, 6.45) is 2.39. The first-order valence-corrected chi connectivity index (χ1v) is 7.33. The minimum absolute atomic E-state index is 0.0866. The highest BCUT2D eigenvalue weighted by Gasteiger charge is 2.29. The molecule has 0 unspecified atom stereocenters. The van der Waals surface area contributed by atoms with Gasteiger partial charge in [-0.2, -0.15) is 0 Å². The molecule has 2 atom stereocenters. The number of hydrogen-bond acceptors (Lipinski definition) is 1. The molecular weight excluding hydrogens is 258 g/mol. The maximum absolute atomic E-state index is 10.9. The van der Waals surface area contributed by atoms with Crippen molar-refractivity contribution in [1.29, 1.82) is 0 Å². The van der Waals surface area contributed by atoms with E-state index in [2.05, 4.69) is 41.0 Å². The molecule has 0 saturated carbocycles. The van der Waals surface area contributed by atoms with E-state index >= 15 is 0 Å². The number of hydrogen-bond donors (Lipinski definition) is 1. The Morgan fingerprint density at radius 1 is 0.857 bits per heavy atom.